The maximum Gasteiger partial charge on any atom is 0.194 e. The number of aryl methyl sites for hydroxylation is 2. The largest absolute Gasteiger partial charge is 0.497 e. The molecule has 1 aromatic carbocycles. The van der Waals surface area contributed by atoms with E-state index in [-0.39, 0.29) is 24.0 Å². The summed E-state index contributed by atoms with van der Waals surface area (Å²) in [6, 6.07) is 6.15. The lowest BCUT2D eigenvalue weighted by molar-refractivity contribution is 0.392. The SMILES string of the molecule is CCNC(=NCc1sc(C)nc1C)N1CCC(c2cc(OC)cc(OC)c2)C1.I. The topological polar surface area (TPSA) is 59.0 Å². The van der Waals surface area contributed by atoms with Gasteiger partial charge < -0.3 is 19.7 Å². The summed E-state index contributed by atoms with van der Waals surface area (Å²) in [4.78, 5) is 13.0. The predicted octanol–water partition coefficient (Wildman–Crippen LogP) is 4.35. The van der Waals surface area contributed by atoms with Crippen LogP contribution in [0.25, 0.3) is 0 Å². The Morgan fingerprint density at radius 2 is 1.93 bits per heavy atom. The molecule has 29 heavy (non-hydrogen) atoms. The second-order valence-electron chi connectivity index (χ2n) is 6.99. The standard InChI is InChI=1S/C21H30N4O2S.HI/c1-6-22-21(23-12-20-14(2)24-15(3)28-20)25-8-7-16(13-25)17-9-18(26-4)11-19(10-17)27-5;/h9-11,16H,6-8,12-13H2,1-5H3,(H,22,23);1H. The molecule has 1 fully saturated rings. The highest BCUT2D eigenvalue weighted by Gasteiger charge is 2.27. The zero-order valence-electron chi connectivity index (χ0n) is 17.8. The fourth-order valence-electron chi connectivity index (χ4n) is 3.58. The van der Waals surface area contributed by atoms with Gasteiger partial charge in [0.1, 0.15) is 11.5 Å². The summed E-state index contributed by atoms with van der Waals surface area (Å²) in [6.07, 6.45) is 1.08. The van der Waals surface area contributed by atoms with Gasteiger partial charge in [0.2, 0.25) is 0 Å². The smallest absolute Gasteiger partial charge is 0.194 e. The molecule has 2 aromatic rings. The summed E-state index contributed by atoms with van der Waals surface area (Å²) in [5.41, 5.74) is 2.34. The van der Waals surface area contributed by atoms with Crippen molar-refractivity contribution in [3.63, 3.8) is 0 Å². The van der Waals surface area contributed by atoms with Crippen molar-refractivity contribution in [2.24, 2.45) is 4.99 Å². The minimum Gasteiger partial charge on any atom is -0.497 e. The Morgan fingerprint density at radius 3 is 2.48 bits per heavy atom. The number of nitrogens with zero attached hydrogens (tertiary/aromatic N) is 3. The lowest BCUT2D eigenvalue weighted by Crippen LogP contribution is -2.40. The third kappa shape index (κ3) is 5.97. The number of ether oxygens (including phenoxy) is 2. The number of benzene rings is 1. The van der Waals surface area contributed by atoms with Gasteiger partial charge in [-0.15, -0.1) is 35.3 Å². The Labute approximate surface area is 194 Å². The van der Waals surface area contributed by atoms with Crippen molar-refractivity contribution in [2.45, 2.75) is 39.7 Å². The molecule has 1 unspecified atom stereocenters. The third-order valence-electron chi connectivity index (χ3n) is 5.04. The Balaban J connectivity index is 0.00000300. The van der Waals surface area contributed by atoms with E-state index in [1.54, 1.807) is 25.6 Å². The van der Waals surface area contributed by atoms with Gasteiger partial charge in [-0.1, -0.05) is 0 Å². The Morgan fingerprint density at radius 1 is 1.24 bits per heavy atom. The average molecular weight is 530 g/mol. The van der Waals surface area contributed by atoms with E-state index in [1.807, 2.05) is 13.0 Å². The monoisotopic (exact) mass is 530 g/mol. The molecule has 1 N–H and O–H groups in total. The first-order valence-corrected chi connectivity index (χ1v) is 10.5. The van der Waals surface area contributed by atoms with Gasteiger partial charge in [0.05, 0.1) is 31.5 Å². The molecule has 1 saturated heterocycles. The van der Waals surface area contributed by atoms with E-state index in [9.17, 15) is 0 Å². The van der Waals surface area contributed by atoms with E-state index in [2.05, 4.69) is 41.2 Å². The molecule has 1 aliphatic rings. The number of rotatable bonds is 6. The molecular formula is C21H31IN4O2S. The van der Waals surface area contributed by atoms with Crippen LogP contribution in [0.5, 0.6) is 11.5 Å². The zero-order valence-corrected chi connectivity index (χ0v) is 21.0. The van der Waals surface area contributed by atoms with Crippen LogP contribution < -0.4 is 14.8 Å². The van der Waals surface area contributed by atoms with Crippen LogP contribution in [0.2, 0.25) is 0 Å². The number of guanidine groups is 1. The molecule has 1 aromatic heterocycles. The van der Waals surface area contributed by atoms with E-state index in [4.69, 9.17) is 14.5 Å². The number of aliphatic imine (C=N–C) groups is 1. The number of thiazole rings is 1. The fraction of sp³-hybridized carbons (Fsp3) is 0.524. The van der Waals surface area contributed by atoms with Crippen LogP contribution in [-0.2, 0) is 6.54 Å². The van der Waals surface area contributed by atoms with Gasteiger partial charge in [0, 0.05) is 36.5 Å². The number of likely N-dealkylation sites (tertiary alicyclic amines) is 1. The van der Waals surface area contributed by atoms with Crippen molar-refractivity contribution < 1.29 is 9.47 Å². The van der Waals surface area contributed by atoms with Crippen molar-refractivity contribution in [2.75, 3.05) is 33.9 Å². The van der Waals surface area contributed by atoms with E-state index >= 15 is 0 Å². The van der Waals surface area contributed by atoms with Gasteiger partial charge in [-0.2, -0.15) is 0 Å². The van der Waals surface area contributed by atoms with Gasteiger partial charge in [0.25, 0.3) is 0 Å². The summed E-state index contributed by atoms with van der Waals surface area (Å²) < 4.78 is 10.9. The Bertz CT molecular complexity index is 818. The van der Waals surface area contributed by atoms with Crippen molar-refractivity contribution in [3.8, 4) is 11.5 Å². The Hall–Kier alpha value is -1.55. The fourth-order valence-corrected chi connectivity index (χ4v) is 4.44. The first-order chi connectivity index (χ1) is 13.5. The highest BCUT2D eigenvalue weighted by molar-refractivity contribution is 14.0. The van der Waals surface area contributed by atoms with E-state index < -0.39 is 0 Å². The molecule has 2 heterocycles. The van der Waals surface area contributed by atoms with E-state index in [0.717, 1.165) is 54.2 Å². The van der Waals surface area contributed by atoms with Crippen LogP contribution >= 0.6 is 35.3 Å². The molecule has 0 bridgehead atoms. The number of hydrogen-bond acceptors (Lipinski definition) is 5. The van der Waals surface area contributed by atoms with Crippen LogP contribution in [0.15, 0.2) is 23.2 Å². The first kappa shape index (κ1) is 23.7. The Kier molecular flexibility index (Phi) is 9.01. The number of methoxy groups -OCH3 is 2. The molecule has 0 aliphatic carbocycles. The number of aromatic nitrogens is 1. The maximum atomic E-state index is 5.44. The first-order valence-electron chi connectivity index (χ1n) is 9.73. The molecule has 160 valence electrons. The van der Waals surface area contributed by atoms with Gasteiger partial charge in [0.15, 0.2) is 5.96 Å². The van der Waals surface area contributed by atoms with E-state index in [0.29, 0.717) is 12.5 Å². The quantitative estimate of drug-likeness (QED) is 0.342. The van der Waals surface area contributed by atoms with Gasteiger partial charge >= 0.3 is 0 Å². The molecule has 6 nitrogen and oxygen atoms in total. The molecule has 1 atom stereocenters. The summed E-state index contributed by atoms with van der Waals surface area (Å²) in [5.74, 6) is 3.08. The molecule has 8 heteroatoms. The highest BCUT2D eigenvalue weighted by Crippen LogP contribution is 2.33. The second kappa shape index (κ2) is 11.0. The molecule has 3 rings (SSSR count). The van der Waals surface area contributed by atoms with Crippen LogP contribution in [-0.4, -0.2) is 49.7 Å². The van der Waals surface area contributed by atoms with Crippen molar-refractivity contribution >= 4 is 41.3 Å². The van der Waals surface area contributed by atoms with Crippen molar-refractivity contribution in [1.29, 1.82) is 0 Å². The minimum absolute atomic E-state index is 0. The minimum atomic E-state index is 0. The van der Waals surface area contributed by atoms with Gasteiger partial charge in [-0.05, 0) is 44.9 Å². The molecule has 0 saturated carbocycles. The third-order valence-corrected chi connectivity index (χ3v) is 6.10. The highest BCUT2D eigenvalue weighted by atomic mass is 127. The molecular weight excluding hydrogens is 499 g/mol. The summed E-state index contributed by atoms with van der Waals surface area (Å²) >= 11 is 1.73. The van der Waals surface area contributed by atoms with Gasteiger partial charge in [-0.3, -0.25) is 0 Å². The zero-order chi connectivity index (χ0) is 20.1. The summed E-state index contributed by atoms with van der Waals surface area (Å²) in [7, 11) is 3.39. The predicted molar refractivity (Wildman–Crippen MR) is 130 cm³/mol. The lowest BCUT2D eigenvalue weighted by atomic mass is 9.98. The second-order valence-corrected chi connectivity index (χ2v) is 8.28. The van der Waals surface area contributed by atoms with Gasteiger partial charge in [-0.25, -0.2) is 9.98 Å². The maximum absolute atomic E-state index is 5.44. The van der Waals surface area contributed by atoms with Crippen LogP contribution in [0.3, 0.4) is 0 Å². The van der Waals surface area contributed by atoms with Crippen LogP contribution in [0.1, 0.15) is 40.4 Å². The number of halogens is 1. The molecule has 1 aliphatic heterocycles. The molecule has 0 radical (unpaired) electrons. The molecule has 0 amide bonds. The van der Waals surface area contributed by atoms with Crippen molar-refractivity contribution in [1.82, 2.24) is 15.2 Å². The number of nitrogens with one attached hydrogen (secondary N) is 1. The number of hydrogen-bond donors (Lipinski definition) is 1. The van der Waals surface area contributed by atoms with Crippen LogP contribution in [0.4, 0.5) is 0 Å². The normalized spacial score (nSPS) is 16.5. The average Bonchev–Trinajstić information content (AvgIpc) is 3.31. The van der Waals surface area contributed by atoms with E-state index in [1.165, 1.54) is 10.4 Å². The van der Waals surface area contributed by atoms with Crippen LogP contribution in [0, 0.1) is 13.8 Å². The van der Waals surface area contributed by atoms with Crippen molar-refractivity contribution in [3.05, 3.63) is 39.3 Å². The molecule has 0 spiro atoms. The summed E-state index contributed by atoms with van der Waals surface area (Å²) in [6.45, 7) is 9.66. The lowest BCUT2D eigenvalue weighted by Gasteiger charge is -2.22. The summed E-state index contributed by atoms with van der Waals surface area (Å²) in [5, 5.41) is 4.55.